The van der Waals surface area contributed by atoms with E-state index in [-0.39, 0.29) is 17.4 Å². The van der Waals surface area contributed by atoms with E-state index in [1.165, 1.54) is 15.7 Å². The molecular formula is C9H11N7O2S2. The maximum Gasteiger partial charge on any atom is 0.260 e. The molecule has 0 amide bonds. The van der Waals surface area contributed by atoms with Gasteiger partial charge < -0.3 is 5.43 Å². The van der Waals surface area contributed by atoms with Gasteiger partial charge >= 0.3 is 0 Å². The molecule has 0 saturated carbocycles. The second-order valence-electron chi connectivity index (χ2n) is 3.90. The standard InChI is InChI=1S/C9H11N7O2S2/c10-15-7-8(16-1-2-19-9(16)14-7)20(17,18)13-5-6-3-11-12-4-6/h1-4,13,15H,5,10H2,(H,11,12). The van der Waals surface area contributed by atoms with E-state index < -0.39 is 10.0 Å². The maximum absolute atomic E-state index is 12.4. The lowest BCUT2D eigenvalue weighted by atomic mass is 10.4. The summed E-state index contributed by atoms with van der Waals surface area (Å²) in [6.07, 6.45) is 4.78. The van der Waals surface area contributed by atoms with Crippen molar-refractivity contribution in [2.24, 2.45) is 5.84 Å². The fraction of sp³-hybridized carbons (Fsp3) is 0.111. The second-order valence-corrected chi connectivity index (χ2v) is 6.45. The summed E-state index contributed by atoms with van der Waals surface area (Å²) in [5, 5.41) is 8.10. The van der Waals surface area contributed by atoms with E-state index in [4.69, 9.17) is 5.84 Å². The van der Waals surface area contributed by atoms with Crippen LogP contribution in [-0.2, 0) is 16.6 Å². The molecule has 0 unspecified atom stereocenters. The molecule has 3 aromatic rings. The zero-order valence-corrected chi connectivity index (χ0v) is 11.7. The molecule has 0 aliphatic heterocycles. The van der Waals surface area contributed by atoms with E-state index in [9.17, 15) is 8.42 Å². The number of fused-ring (bicyclic) bond motifs is 1. The van der Waals surface area contributed by atoms with Gasteiger partial charge in [0.05, 0.1) is 6.20 Å². The zero-order valence-electron chi connectivity index (χ0n) is 10.1. The van der Waals surface area contributed by atoms with E-state index in [1.54, 1.807) is 24.0 Å². The summed E-state index contributed by atoms with van der Waals surface area (Å²) in [6, 6.07) is 0. The minimum atomic E-state index is -3.76. The number of nitrogens with two attached hydrogens (primary N) is 1. The molecule has 0 bridgehead atoms. The second kappa shape index (κ2) is 4.86. The van der Waals surface area contributed by atoms with Gasteiger partial charge in [-0.3, -0.25) is 9.50 Å². The molecule has 0 radical (unpaired) electrons. The number of imidazole rings is 1. The number of aromatic amines is 1. The molecule has 0 aromatic carbocycles. The third-order valence-corrected chi connectivity index (χ3v) is 4.81. The number of nitrogens with zero attached hydrogens (tertiary/aromatic N) is 3. The van der Waals surface area contributed by atoms with Crippen molar-refractivity contribution in [2.75, 3.05) is 5.43 Å². The Morgan fingerprint density at radius 3 is 3.05 bits per heavy atom. The molecule has 11 heteroatoms. The lowest BCUT2D eigenvalue weighted by Gasteiger charge is -2.06. The summed E-state index contributed by atoms with van der Waals surface area (Å²) in [5.41, 5.74) is 3.03. The molecule has 0 aliphatic rings. The number of hydrogen-bond acceptors (Lipinski definition) is 7. The lowest BCUT2D eigenvalue weighted by Crippen LogP contribution is -2.26. The van der Waals surface area contributed by atoms with E-state index in [0.717, 1.165) is 5.56 Å². The number of thiazole rings is 1. The van der Waals surface area contributed by atoms with Crippen LogP contribution in [-0.4, -0.2) is 28.0 Å². The molecule has 0 spiro atoms. The van der Waals surface area contributed by atoms with Crippen LogP contribution in [0.25, 0.3) is 4.96 Å². The Kier molecular flexibility index (Phi) is 3.17. The molecule has 20 heavy (non-hydrogen) atoms. The van der Waals surface area contributed by atoms with Crippen LogP contribution in [0, 0.1) is 0 Å². The van der Waals surface area contributed by atoms with Gasteiger partial charge in [0, 0.05) is 29.9 Å². The van der Waals surface area contributed by atoms with Gasteiger partial charge in [-0.25, -0.2) is 19.0 Å². The van der Waals surface area contributed by atoms with Crippen LogP contribution in [0.2, 0.25) is 0 Å². The Morgan fingerprint density at radius 1 is 1.50 bits per heavy atom. The molecule has 3 aromatic heterocycles. The molecule has 0 atom stereocenters. The van der Waals surface area contributed by atoms with Crippen molar-refractivity contribution in [2.45, 2.75) is 11.6 Å². The first kappa shape index (κ1) is 13.1. The average molecular weight is 313 g/mol. The highest BCUT2D eigenvalue weighted by molar-refractivity contribution is 7.89. The van der Waals surface area contributed by atoms with Crippen LogP contribution in [0.5, 0.6) is 0 Å². The van der Waals surface area contributed by atoms with Crippen molar-refractivity contribution in [1.29, 1.82) is 0 Å². The fourth-order valence-electron chi connectivity index (χ4n) is 1.74. The summed E-state index contributed by atoms with van der Waals surface area (Å²) < 4.78 is 28.7. The third-order valence-electron chi connectivity index (χ3n) is 2.63. The van der Waals surface area contributed by atoms with E-state index in [1.807, 2.05) is 0 Å². The van der Waals surface area contributed by atoms with Crippen LogP contribution in [0.3, 0.4) is 0 Å². The van der Waals surface area contributed by atoms with E-state index in [2.05, 4.69) is 25.3 Å². The quantitative estimate of drug-likeness (QED) is 0.384. The van der Waals surface area contributed by atoms with Gasteiger partial charge in [0.2, 0.25) is 5.03 Å². The van der Waals surface area contributed by atoms with Gasteiger partial charge in [-0.05, 0) is 0 Å². The summed E-state index contributed by atoms with van der Waals surface area (Å²) in [4.78, 5) is 4.65. The van der Waals surface area contributed by atoms with Gasteiger partial charge in [0.1, 0.15) is 0 Å². The number of hydrazine groups is 1. The summed E-state index contributed by atoms with van der Waals surface area (Å²) in [6.45, 7) is 0.125. The Bertz CT molecular complexity index is 818. The van der Waals surface area contributed by atoms with Crippen molar-refractivity contribution >= 4 is 32.1 Å². The van der Waals surface area contributed by atoms with Crippen LogP contribution < -0.4 is 16.0 Å². The van der Waals surface area contributed by atoms with Crippen molar-refractivity contribution < 1.29 is 8.42 Å². The smallest absolute Gasteiger partial charge is 0.260 e. The molecule has 9 nitrogen and oxygen atoms in total. The molecule has 0 aliphatic carbocycles. The SMILES string of the molecule is NNc1nc2sccn2c1S(=O)(=O)NCc1cn[nH]c1. The number of H-pyrrole nitrogens is 1. The number of nitrogens with one attached hydrogen (secondary N) is 3. The summed E-state index contributed by atoms with van der Waals surface area (Å²) in [5.74, 6) is 5.44. The van der Waals surface area contributed by atoms with Crippen LogP contribution in [0.4, 0.5) is 5.82 Å². The third kappa shape index (κ3) is 2.16. The van der Waals surface area contributed by atoms with Crippen molar-refractivity contribution in [1.82, 2.24) is 24.3 Å². The Hall–Kier alpha value is -1.95. The highest BCUT2D eigenvalue weighted by Gasteiger charge is 2.25. The molecule has 0 fully saturated rings. The lowest BCUT2D eigenvalue weighted by molar-refractivity contribution is 0.577. The predicted molar refractivity (Wildman–Crippen MR) is 73.5 cm³/mol. The summed E-state index contributed by atoms with van der Waals surface area (Å²) in [7, 11) is -3.76. The minimum absolute atomic E-state index is 0.0141. The maximum atomic E-state index is 12.4. The Morgan fingerprint density at radius 2 is 2.35 bits per heavy atom. The van der Waals surface area contributed by atoms with E-state index >= 15 is 0 Å². The first-order valence-electron chi connectivity index (χ1n) is 5.51. The average Bonchev–Trinajstić information content (AvgIpc) is 3.11. The zero-order chi connectivity index (χ0) is 14.2. The summed E-state index contributed by atoms with van der Waals surface area (Å²) >= 11 is 1.32. The number of nitrogen functional groups attached to an aromatic ring is 1. The van der Waals surface area contributed by atoms with Crippen molar-refractivity contribution in [3.8, 4) is 0 Å². The van der Waals surface area contributed by atoms with Crippen LogP contribution in [0.15, 0.2) is 29.0 Å². The molecule has 106 valence electrons. The monoisotopic (exact) mass is 313 g/mol. The van der Waals surface area contributed by atoms with Gasteiger partial charge in [0.15, 0.2) is 10.8 Å². The van der Waals surface area contributed by atoms with Gasteiger partial charge in [0.25, 0.3) is 10.0 Å². The van der Waals surface area contributed by atoms with Gasteiger partial charge in [-0.15, -0.1) is 11.3 Å². The first-order chi connectivity index (χ1) is 9.62. The number of sulfonamides is 1. The minimum Gasteiger partial charge on any atom is -0.306 e. The first-order valence-corrected chi connectivity index (χ1v) is 7.87. The molecule has 5 N–H and O–H groups in total. The van der Waals surface area contributed by atoms with Gasteiger partial charge in [-0.2, -0.15) is 10.1 Å². The highest BCUT2D eigenvalue weighted by atomic mass is 32.2. The van der Waals surface area contributed by atoms with Crippen LogP contribution in [0.1, 0.15) is 5.56 Å². The molecule has 3 heterocycles. The number of anilines is 1. The normalized spacial score (nSPS) is 12.1. The van der Waals surface area contributed by atoms with Crippen molar-refractivity contribution in [3.63, 3.8) is 0 Å². The number of aromatic nitrogens is 4. The van der Waals surface area contributed by atoms with Crippen molar-refractivity contribution in [3.05, 3.63) is 29.5 Å². The van der Waals surface area contributed by atoms with Gasteiger partial charge in [-0.1, -0.05) is 0 Å². The topological polar surface area (TPSA) is 130 Å². The van der Waals surface area contributed by atoms with E-state index in [0.29, 0.717) is 4.96 Å². The Balaban J connectivity index is 1.97. The Labute approximate surface area is 117 Å². The highest BCUT2D eigenvalue weighted by Crippen LogP contribution is 2.24. The molecular weight excluding hydrogens is 302 g/mol. The largest absolute Gasteiger partial charge is 0.306 e. The van der Waals surface area contributed by atoms with Crippen LogP contribution >= 0.6 is 11.3 Å². The number of rotatable bonds is 5. The number of hydrogen-bond donors (Lipinski definition) is 4. The molecule has 0 saturated heterocycles. The predicted octanol–water partition coefficient (Wildman–Crippen LogP) is -0.117. The fourth-order valence-corrected chi connectivity index (χ4v) is 3.77. The molecule has 3 rings (SSSR count).